The molecule has 0 unspecified atom stereocenters. The van der Waals surface area contributed by atoms with Crippen molar-refractivity contribution in [3.63, 3.8) is 0 Å². The van der Waals surface area contributed by atoms with Crippen molar-refractivity contribution in [1.29, 1.82) is 0 Å². The minimum atomic E-state index is -0.444. The Balaban J connectivity index is 1.71. The molecule has 4 nitrogen and oxygen atoms in total. The quantitative estimate of drug-likeness (QED) is 0.427. The third-order valence-corrected chi connectivity index (χ3v) is 4.41. The molecule has 132 valence electrons. The lowest BCUT2D eigenvalue weighted by atomic mass is 10.1. The Bertz CT molecular complexity index is 996. The first kappa shape index (κ1) is 18.5. The van der Waals surface area contributed by atoms with Gasteiger partial charge in [0, 0.05) is 15.6 Å². The predicted molar refractivity (Wildman–Crippen MR) is 105 cm³/mol. The number of nitrogens with one attached hydrogen (secondary N) is 1. The zero-order chi connectivity index (χ0) is 18.7. The van der Waals surface area contributed by atoms with E-state index in [1.807, 2.05) is 31.2 Å². The van der Waals surface area contributed by atoms with Crippen LogP contribution in [0.3, 0.4) is 0 Å². The average molecular weight is 408 g/mol. The molecule has 0 aliphatic heterocycles. The lowest BCUT2D eigenvalue weighted by Crippen LogP contribution is -2.17. The number of nitrogens with zero attached hydrogens (tertiary/aromatic N) is 1. The fourth-order valence-corrected chi connectivity index (χ4v) is 2.98. The van der Waals surface area contributed by atoms with Crippen LogP contribution in [0.5, 0.6) is 0 Å². The van der Waals surface area contributed by atoms with Gasteiger partial charge in [0.1, 0.15) is 11.5 Å². The summed E-state index contributed by atoms with van der Waals surface area (Å²) in [7, 11) is 0. The number of furan rings is 1. The predicted octanol–water partition coefficient (Wildman–Crippen LogP) is 5.98. The van der Waals surface area contributed by atoms with Gasteiger partial charge in [-0.1, -0.05) is 40.9 Å². The molecule has 3 aromatic rings. The summed E-state index contributed by atoms with van der Waals surface area (Å²) in [6.45, 7) is 1.97. The molecule has 0 atom stereocenters. The summed E-state index contributed by atoms with van der Waals surface area (Å²) in [5.41, 5.74) is 4.62. The normalized spacial score (nSPS) is 11.1. The maximum Gasteiger partial charge on any atom is 0.272 e. The Morgan fingerprint density at radius 2 is 1.77 bits per heavy atom. The minimum absolute atomic E-state index is 0.252. The first-order chi connectivity index (χ1) is 12.4. The number of hydrogen-bond acceptors (Lipinski definition) is 3. The van der Waals surface area contributed by atoms with Crippen LogP contribution in [0, 0.1) is 6.92 Å². The smallest absolute Gasteiger partial charge is 0.272 e. The van der Waals surface area contributed by atoms with Gasteiger partial charge < -0.3 is 4.42 Å². The van der Waals surface area contributed by atoms with Crippen molar-refractivity contribution in [2.45, 2.75) is 6.92 Å². The van der Waals surface area contributed by atoms with Gasteiger partial charge in [0.2, 0.25) is 0 Å². The monoisotopic (exact) mass is 406 g/mol. The van der Waals surface area contributed by atoms with Gasteiger partial charge in [-0.2, -0.15) is 5.10 Å². The van der Waals surface area contributed by atoms with Crippen molar-refractivity contribution < 1.29 is 9.21 Å². The van der Waals surface area contributed by atoms with Crippen LogP contribution in [-0.4, -0.2) is 12.1 Å². The Morgan fingerprint density at radius 1 is 1.04 bits per heavy atom. The molecule has 0 saturated carbocycles. The number of aryl methyl sites for hydroxylation is 1. The molecule has 1 amide bonds. The summed E-state index contributed by atoms with van der Waals surface area (Å²) in [5, 5.41) is 5.23. The number of carbonyl (C=O) groups excluding carboxylic acids is 1. The molecule has 0 aliphatic carbocycles. The van der Waals surface area contributed by atoms with Crippen LogP contribution >= 0.6 is 34.8 Å². The molecule has 26 heavy (non-hydrogen) atoms. The molecular formula is C19H13Cl3N2O2. The molecule has 0 radical (unpaired) electrons. The molecule has 0 spiro atoms. The van der Waals surface area contributed by atoms with Crippen molar-refractivity contribution in [2.24, 2.45) is 5.10 Å². The van der Waals surface area contributed by atoms with Crippen LogP contribution in [-0.2, 0) is 0 Å². The second kappa shape index (κ2) is 7.96. The third-order valence-electron chi connectivity index (χ3n) is 3.63. The number of rotatable bonds is 4. The maximum atomic E-state index is 12.1. The first-order valence-electron chi connectivity index (χ1n) is 7.59. The van der Waals surface area contributed by atoms with Crippen molar-refractivity contribution in [3.8, 4) is 11.3 Å². The fourth-order valence-electron chi connectivity index (χ4n) is 2.32. The maximum absolute atomic E-state index is 12.1. The molecule has 0 aliphatic rings. The largest absolute Gasteiger partial charge is 0.455 e. The highest BCUT2D eigenvalue weighted by atomic mass is 35.5. The summed E-state index contributed by atoms with van der Waals surface area (Å²) < 4.78 is 5.73. The highest BCUT2D eigenvalue weighted by Gasteiger charge is 2.10. The van der Waals surface area contributed by atoms with Gasteiger partial charge in [-0.25, -0.2) is 5.43 Å². The Labute approximate surface area is 165 Å². The second-order valence-corrected chi connectivity index (χ2v) is 6.76. The van der Waals surface area contributed by atoms with Crippen LogP contribution < -0.4 is 5.43 Å². The van der Waals surface area contributed by atoms with Crippen LogP contribution in [0.15, 0.2) is 58.0 Å². The molecule has 0 fully saturated rings. The summed E-state index contributed by atoms with van der Waals surface area (Å²) in [4.78, 5) is 12.1. The van der Waals surface area contributed by atoms with Gasteiger partial charge >= 0.3 is 0 Å². The number of halogens is 3. The van der Waals surface area contributed by atoms with Crippen LogP contribution in [0.2, 0.25) is 15.1 Å². The van der Waals surface area contributed by atoms with Crippen molar-refractivity contribution in [2.75, 3.05) is 0 Å². The number of amides is 1. The molecule has 1 heterocycles. The van der Waals surface area contributed by atoms with Gasteiger partial charge in [-0.05, 0) is 55.0 Å². The van der Waals surface area contributed by atoms with Crippen LogP contribution in [0.1, 0.15) is 21.7 Å². The zero-order valence-corrected chi connectivity index (χ0v) is 15.9. The van der Waals surface area contributed by atoms with E-state index in [2.05, 4.69) is 10.5 Å². The first-order valence-corrected chi connectivity index (χ1v) is 8.72. The van der Waals surface area contributed by atoms with Crippen LogP contribution in [0.25, 0.3) is 11.3 Å². The topological polar surface area (TPSA) is 54.6 Å². The average Bonchev–Trinajstić information content (AvgIpc) is 3.05. The van der Waals surface area contributed by atoms with Crippen molar-refractivity contribution >= 4 is 46.9 Å². The molecule has 1 N–H and O–H groups in total. The number of hydrogen-bond donors (Lipinski definition) is 1. The molecule has 1 aromatic heterocycles. The van der Waals surface area contributed by atoms with E-state index in [0.717, 1.165) is 11.1 Å². The van der Waals surface area contributed by atoms with Gasteiger partial charge in [-0.15, -0.1) is 0 Å². The molecule has 2 aromatic carbocycles. The lowest BCUT2D eigenvalue weighted by molar-refractivity contribution is 0.0955. The van der Waals surface area contributed by atoms with E-state index in [-0.39, 0.29) is 10.6 Å². The molecule has 7 heteroatoms. The molecular weight excluding hydrogens is 395 g/mol. The van der Waals surface area contributed by atoms with Gasteiger partial charge in [0.05, 0.1) is 16.8 Å². The van der Waals surface area contributed by atoms with Gasteiger partial charge in [-0.3, -0.25) is 4.79 Å². The molecule has 3 rings (SSSR count). The van der Waals surface area contributed by atoms with E-state index in [0.29, 0.717) is 21.6 Å². The van der Waals surface area contributed by atoms with E-state index >= 15 is 0 Å². The number of carbonyl (C=O) groups is 1. The van der Waals surface area contributed by atoms with E-state index in [9.17, 15) is 4.79 Å². The zero-order valence-electron chi connectivity index (χ0n) is 13.6. The van der Waals surface area contributed by atoms with E-state index in [1.165, 1.54) is 18.3 Å². The van der Waals surface area contributed by atoms with E-state index in [4.69, 9.17) is 39.2 Å². The standard InChI is InChI=1S/C19H13Cl3N2O2/c1-11-2-3-12(20)8-16(11)18-7-5-14(26-18)10-23-24-19(25)15-6-4-13(21)9-17(15)22/h2-10H,1H3,(H,24,25)/b23-10+. The summed E-state index contributed by atoms with van der Waals surface area (Å²) in [6, 6.07) is 13.8. The van der Waals surface area contributed by atoms with E-state index in [1.54, 1.807) is 12.1 Å². The SMILES string of the molecule is Cc1ccc(Cl)cc1-c1ccc(/C=N/NC(=O)c2ccc(Cl)cc2Cl)o1. The second-order valence-electron chi connectivity index (χ2n) is 5.48. The Morgan fingerprint density at radius 3 is 2.54 bits per heavy atom. The molecule has 0 bridgehead atoms. The summed E-state index contributed by atoms with van der Waals surface area (Å²) >= 11 is 17.8. The fraction of sp³-hybridized carbons (Fsp3) is 0.0526. The number of benzene rings is 2. The van der Waals surface area contributed by atoms with Gasteiger partial charge in [0.25, 0.3) is 5.91 Å². The Hall–Kier alpha value is -2.27. The third kappa shape index (κ3) is 4.28. The number of hydrazone groups is 1. The minimum Gasteiger partial charge on any atom is -0.455 e. The highest BCUT2D eigenvalue weighted by molar-refractivity contribution is 6.36. The molecule has 0 saturated heterocycles. The van der Waals surface area contributed by atoms with Crippen LogP contribution in [0.4, 0.5) is 0 Å². The van der Waals surface area contributed by atoms with Crippen molar-refractivity contribution in [1.82, 2.24) is 5.43 Å². The van der Waals surface area contributed by atoms with Crippen molar-refractivity contribution in [3.05, 3.63) is 80.5 Å². The highest BCUT2D eigenvalue weighted by Crippen LogP contribution is 2.28. The summed E-state index contributed by atoms with van der Waals surface area (Å²) in [5.74, 6) is 0.709. The summed E-state index contributed by atoms with van der Waals surface area (Å²) in [6.07, 6.45) is 1.41. The lowest BCUT2D eigenvalue weighted by Gasteiger charge is -2.03. The van der Waals surface area contributed by atoms with Gasteiger partial charge in [0.15, 0.2) is 0 Å². The Kier molecular flexibility index (Phi) is 5.67. The van der Waals surface area contributed by atoms with E-state index < -0.39 is 5.91 Å².